The highest BCUT2D eigenvalue weighted by Crippen LogP contribution is 2.37. The lowest BCUT2D eigenvalue weighted by Crippen LogP contribution is -2.04. The van der Waals surface area contributed by atoms with Crippen LogP contribution in [0.4, 0.5) is 11.4 Å². The van der Waals surface area contributed by atoms with E-state index in [0.717, 1.165) is 6.42 Å². The predicted octanol–water partition coefficient (Wildman–Crippen LogP) is 4.21. The van der Waals surface area contributed by atoms with Crippen molar-refractivity contribution >= 4 is 11.4 Å². The lowest BCUT2D eigenvalue weighted by Gasteiger charge is -2.10. The van der Waals surface area contributed by atoms with Gasteiger partial charge in [-0.1, -0.05) is 31.2 Å². The van der Waals surface area contributed by atoms with Crippen molar-refractivity contribution in [3.63, 3.8) is 0 Å². The van der Waals surface area contributed by atoms with Crippen molar-refractivity contribution in [2.75, 3.05) is 11.9 Å². The molecule has 0 amide bonds. The van der Waals surface area contributed by atoms with Crippen LogP contribution in [0, 0.1) is 10.1 Å². The second-order valence-corrected chi connectivity index (χ2v) is 4.25. The number of anilines is 1. The molecule has 0 atom stereocenters. The Bertz CT molecular complexity index is 585. The van der Waals surface area contributed by atoms with Crippen molar-refractivity contribution in [1.29, 1.82) is 0 Å². The zero-order valence-electron chi connectivity index (χ0n) is 11.2. The Morgan fingerprint density at radius 2 is 1.90 bits per heavy atom. The molecule has 0 aliphatic carbocycles. The quantitative estimate of drug-likeness (QED) is 0.632. The Hall–Kier alpha value is -2.56. The van der Waals surface area contributed by atoms with E-state index in [1.807, 2.05) is 25.1 Å². The van der Waals surface area contributed by atoms with Gasteiger partial charge in [0.15, 0.2) is 0 Å². The minimum atomic E-state index is -0.420. The van der Waals surface area contributed by atoms with Gasteiger partial charge in [-0.15, -0.1) is 0 Å². The first-order chi connectivity index (χ1) is 9.72. The first kappa shape index (κ1) is 13.9. The van der Waals surface area contributed by atoms with Gasteiger partial charge in [0.05, 0.1) is 4.92 Å². The molecule has 20 heavy (non-hydrogen) atoms. The molecule has 104 valence electrons. The van der Waals surface area contributed by atoms with Crippen molar-refractivity contribution in [1.82, 2.24) is 0 Å². The van der Waals surface area contributed by atoms with Gasteiger partial charge >= 0.3 is 5.69 Å². The molecule has 2 aromatic rings. The van der Waals surface area contributed by atoms with E-state index in [4.69, 9.17) is 4.74 Å². The van der Waals surface area contributed by atoms with Crippen LogP contribution in [-0.2, 0) is 0 Å². The summed E-state index contributed by atoms with van der Waals surface area (Å²) < 4.78 is 5.61. The molecule has 0 radical (unpaired) electrons. The Morgan fingerprint density at radius 3 is 2.55 bits per heavy atom. The maximum Gasteiger partial charge on any atom is 0.334 e. The Balaban J connectivity index is 2.34. The number of hydrogen-bond acceptors (Lipinski definition) is 4. The van der Waals surface area contributed by atoms with Crippen LogP contribution in [0.3, 0.4) is 0 Å². The number of nitro groups is 1. The number of ether oxygens (including phenoxy) is 1. The summed E-state index contributed by atoms with van der Waals surface area (Å²) in [6.45, 7) is 2.68. The van der Waals surface area contributed by atoms with Crippen molar-refractivity contribution in [2.45, 2.75) is 13.3 Å². The van der Waals surface area contributed by atoms with E-state index in [0.29, 0.717) is 18.0 Å². The number of nitrogens with one attached hydrogen (secondary N) is 1. The number of benzene rings is 2. The highest BCUT2D eigenvalue weighted by atomic mass is 16.6. The minimum Gasteiger partial charge on any atom is -0.450 e. The van der Waals surface area contributed by atoms with Crippen LogP contribution in [0.2, 0.25) is 0 Å². The summed E-state index contributed by atoms with van der Waals surface area (Å²) in [7, 11) is 0. The number of nitro benzene ring substituents is 1. The van der Waals surface area contributed by atoms with Gasteiger partial charge in [-0.3, -0.25) is 10.1 Å². The molecular weight excluding hydrogens is 256 g/mol. The summed E-state index contributed by atoms with van der Waals surface area (Å²) in [4.78, 5) is 10.9. The number of nitrogens with zero attached hydrogens (tertiary/aromatic N) is 1. The summed E-state index contributed by atoms with van der Waals surface area (Å²) in [5.41, 5.74) is 0.440. The van der Waals surface area contributed by atoms with Gasteiger partial charge in [0, 0.05) is 6.54 Å². The largest absolute Gasteiger partial charge is 0.450 e. The molecule has 5 heteroatoms. The average Bonchev–Trinajstić information content (AvgIpc) is 2.46. The lowest BCUT2D eigenvalue weighted by atomic mass is 10.2. The molecule has 0 saturated carbocycles. The van der Waals surface area contributed by atoms with Crippen LogP contribution in [-0.4, -0.2) is 11.5 Å². The SMILES string of the molecule is CCCNc1cccc(Oc2ccccc2)c1[N+](=O)[O-]. The molecule has 0 spiro atoms. The summed E-state index contributed by atoms with van der Waals surface area (Å²) in [5, 5.41) is 14.3. The summed E-state index contributed by atoms with van der Waals surface area (Å²) in [6, 6.07) is 14.0. The van der Waals surface area contributed by atoms with Crippen LogP contribution >= 0.6 is 0 Å². The minimum absolute atomic E-state index is 0.0372. The third-order valence-electron chi connectivity index (χ3n) is 2.72. The molecule has 0 aliphatic rings. The third kappa shape index (κ3) is 3.26. The van der Waals surface area contributed by atoms with Crippen LogP contribution in [0.15, 0.2) is 48.5 Å². The standard InChI is InChI=1S/C15H16N2O3/c1-2-11-16-13-9-6-10-14(15(13)17(18)19)20-12-7-4-3-5-8-12/h3-10,16H,2,11H2,1H3. The van der Waals surface area contributed by atoms with E-state index in [2.05, 4.69) is 5.32 Å². The summed E-state index contributed by atoms with van der Waals surface area (Å²) >= 11 is 0. The summed E-state index contributed by atoms with van der Waals surface area (Å²) in [5.74, 6) is 0.811. The van der Waals surface area contributed by atoms with Gasteiger partial charge in [0.25, 0.3) is 0 Å². The predicted molar refractivity (Wildman–Crippen MR) is 78.4 cm³/mol. The smallest absolute Gasteiger partial charge is 0.334 e. The van der Waals surface area contributed by atoms with Crippen molar-refractivity contribution < 1.29 is 9.66 Å². The topological polar surface area (TPSA) is 64.4 Å². The van der Waals surface area contributed by atoms with Crippen molar-refractivity contribution in [2.24, 2.45) is 0 Å². The second-order valence-electron chi connectivity index (χ2n) is 4.25. The highest BCUT2D eigenvalue weighted by Gasteiger charge is 2.21. The third-order valence-corrected chi connectivity index (χ3v) is 2.72. The monoisotopic (exact) mass is 272 g/mol. The van der Waals surface area contributed by atoms with E-state index >= 15 is 0 Å². The number of hydrogen-bond donors (Lipinski definition) is 1. The molecule has 0 aliphatic heterocycles. The highest BCUT2D eigenvalue weighted by molar-refractivity contribution is 5.69. The molecule has 5 nitrogen and oxygen atoms in total. The molecule has 0 fully saturated rings. The fourth-order valence-electron chi connectivity index (χ4n) is 1.81. The summed E-state index contributed by atoms with van der Waals surface area (Å²) in [6.07, 6.45) is 0.890. The molecule has 0 bridgehead atoms. The Morgan fingerprint density at radius 1 is 1.15 bits per heavy atom. The Kier molecular flexibility index (Phi) is 4.55. The second kappa shape index (κ2) is 6.56. The number of rotatable bonds is 6. The van der Waals surface area contributed by atoms with Gasteiger partial charge in [0.1, 0.15) is 11.4 Å². The molecule has 0 unspecified atom stereocenters. The first-order valence-corrected chi connectivity index (χ1v) is 6.46. The molecule has 2 aromatic carbocycles. The zero-order chi connectivity index (χ0) is 14.4. The van der Waals surface area contributed by atoms with E-state index in [-0.39, 0.29) is 11.4 Å². The molecule has 0 aromatic heterocycles. The fraction of sp³-hybridized carbons (Fsp3) is 0.200. The molecule has 1 N–H and O–H groups in total. The van der Waals surface area contributed by atoms with Gasteiger partial charge in [0.2, 0.25) is 5.75 Å². The van der Waals surface area contributed by atoms with Crippen LogP contribution in [0.25, 0.3) is 0 Å². The lowest BCUT2D eigenvalue weighted by molar-refractivity contribution is -0.384. The molecule has 0 saturated heterocycles. The first-order valence-electron chi connectivity index (χ1n) is 6.46. The normalized spacial score (nSPS) is 10.1. The molecular formula is C15H16N2O3. The maximum atomic E-state index is 11.3. The number of para-hydroxylation sites is 2. The van der Waals surface area contributed by atoms with Crippen LogP contribution in [0.1, 0.15) is 13.3 Å². The van der Waals surface area contributed by atoms with Gasteiger partial charge in [-0.25, -0.2) is 0 Å². The van der Waals surface area contributed by atoms with E-state index < -0.39 is 4.92 Å². The van der Waals surface area contributed by atoms with Gasteiger partial charge in [-0.05, 0) is 30.7 Å². The van der Waals surface area contributed by atoms with E-state index in [1.54, 1.807) is 30.3 Å². The van der Waals surface area contributed by atoms with Crippen molar-refractivity contribution in [3.05, 3.63) is 58.6 Å². The Labute approximate surface area is 117 Å². The molecule has 0 heterocycles. The van der Waals surface area contributed by atoms with Gasteiger partial charge in [-0.2, -0.15) is 0 Å². The maximum absolute atomic E-state index is 11.3. The molecule has 2 rings (SSSR count). The fourth-order valence-corrected chi connectivity index (χ4v) is 1.81. The van der Waals surface area contributed by atoms with Crippen molar-refractivity contribution in [3.8, 4) is 11.5 Å². The zero-order valence-corrected chi connectivity index (χ0v) is 11.2. The van der Waals surface area contributed by atoms with E-state index in [1.165, 1.54) is 0 Å². The van der Waals surface area contributed by atoms with Crippen LogP contribution < -0.4 is 10.1 Å². The van der Waals surface area contributed by atoms with E-state index in [9.17, 15) is 10.1 Å². The van der Waals surface area contributed by atoms with Crippen LogP contribution in [0.5, 0.6) is 11.5 Å². The average molecular weight is 272 g/mol. The van der Waals surface area contributed by atoms with Gasteiger partial charge < -0.3 is 10.1 Å².